The third kappa shape index (κ3) is 3.09. The second-order valence-corrected chi connectivity index (χ2v) is 4.48. The van der Waals surface area contributed by atoms with Gasteiger partial charge in [-0.25, -0.2) is 0 Å². The van der Waals surface area contributed by atoms with Crippen LogP contribution in [0, 0.1) is 0 Å². The molecule has 0 bridgehead atoms. The Labute approximate surface area is 110 Å². The summed E-state index contributed by atoms with van der Waals surface area (Å²) in [6, 6.07) is 7.53. The summed E-state index contributed by atoms with van der Waals surface area (Å²) in [5.74, 6) is 1.15. The second kappa shape index (κ2) is 5.09. The monoisotopic (exact) mass is 258 g/mol. The van der Waals surface area contributed by atoms with Gasteiger partial charge in [0.15, 0.2) is 5.69 Å². The van der Waals surface area contributed by atoms with E-state index in [1.54, 1.807) is 30.5 Å². The van der Waals surface area contributed by atoms with Crippen molar-refractivity contribution < 1.29 is 9.21 Å². The Hall–Kier alpha value is -2.37. The third-order valence-corrected chi connectivity index (χ3v) is 2.83. The maximum atomic E-state index is 11.8. The molecule has 1 amide bonds. The quantitative estimate of drug-likeness (QED) is 0.851. The zero-order valence-corrected chi connectivity index (χ0v) is 10.3. The number of aromatic nitrogens is 2. The SMILES string of the molecule is O=C(NCc1ccco1)c1ccc(NC2CC2)nn1. The molecule has 0 aromatic carbocycles. The summed E-state index contributed by atoms with van der Waals surface area (Å²) in [7, 11) is 0. The van der Waals surface area contributed by atoms with Gasteiger partial charge in [0.25, 0.3) is 5.91 Å². The van der Waals surface area contributed by atoms with E-state index in [1.165, 1.54) is 12.8 Å². The van der Waals surface area contributed by atoms with Crippen LogP contribution in [0.4, 0.5) is 5.82 Å². The first kappa shape index (κ1) is 11.7. The topological polar surface area (TPSA) is 80.0 Å². The molecule has 1 fully saturated rings. The van der Waals surface area contributed by atoms with Crippen LogP contribution in [0.3, 0.4) is 0 Å². The fraction of sp³-hybridized carbons (Fsp3) is 0.308. The van der Waals surface area contributed by atoms with Crippen LogP contribution in [-0.2, 0) is 6.54 Å². The number of nitrogens with zero attached hydrogens (tertiary/aromatic N) is 2. The van der Waals surface area contributed by atoms with Crippen LogP contribution >= 0.6 is 0 Å². The highest BCUT2D eigenvalue weighted by Crippen LogP contribution is 2.23. The smallest absolute Gasteiger partial charge is 0.272 e. The highest BCUT2D eigenvalue weighted by Gasteiger charge is 2.21. The van der Waals surface area contributed by atoms with Crippen molar-refractivity contribution in [2.45, 2.75) is 25.4 Å². The molecule has 0 aliphatic heterocycles. The number of nitrogens with one attached hydrogen (secondary N) is 2. The lowest BCUT2D eigenvalue weighted by Crippen LogP contribution is -2.24. The number of carbonyl (C=O) groups is 1. The highest BCUT2D eigenvalue weighted by molar-refractivity contribution is 5.92. The standard InChI is InChI=1S/C13H14N4O2/c18-13(14-8-10-2-1-7-19-10)11-5-6-12(17-16-11)15-9-3-4-9/h1-2,5-7,9H,3-4,8H2,(H,14,18)(H,15,17). The van der Waals surface area contributed by atoms with Crippen molar-refractivity contribution in [1.82, 2.24) is 15.5 Å². The van der Waals surface area contributed by atoms with Crippen molar-refractivity contribution in [3.63, 3.8) is 0 Å². The minimum Gasteiger partial charge on any atom is -0.467 e. The number of furan rings is 1. The van der Waals surface area contributed by atoms with Gasteiger partial charge in [-0.3, -0.25) is 4.79 Å². The highest BCUT2D eigenvalue weighted by atomic mass is 16.3. The average molecular weight is 258 g/mol. The predicted molar refractivity (Wildman–Crippen MR) is 68.6 cm³/mol. The molecule has 3 rings (SSSR count). The summed E-state index contributed by atoms with van der Waals surface area (Å²) in [5, 5.41) is 13.8. The third-order valence-electron chi connectivity index (χ3n) is 2.83. The molecule has 2 aromatic heterocycles. The van der Waals surface area contributed by atoms with Gasteiger partial charge in [0.1, 0.15) is 11.6 Å². The summed E-state index contributed by atoms with van der Waals surface area (Å²) in [6.45, 7) is 0.343. The number of amides is 1. The van der Waals surface area contributed by atoms with Gasteiger partial charge in [0, 0.05) is 6.04 Å². The van der Waals surface area contributed by atoms with Crippen LogP contribution in [0.1, 0.15) is 29.1 Å². The van der Waals surface area contributed by atoms with Gasteiger partial charge >= 0.3 is 0 Å². The Balaban J connectivity index is 1.56. The van der Waals surface area contributed by atoms with Gasteiger partial charge in [-0.1, -0.05) is 0 Å². The predicted octanol–water partition coefficient (Wildman–Crippen LogP) is 1.57. The molecular formula is C13H14N4O2. The normalized spacial score (nSPS) is 14.1. The van der Waals surface area contributed by atoms with Gasteiger partial charge in [-0.2, -0.15) is 0 Å². The number of carbonyl (C=O) groups excluding carboxylic acids is 1. The van der Waals surface area contributed by atoms with E-state index < -0.39 is 0 Å². The van der Waals surface area contributed by atoms with Crippen LogP contribution in [0.2, 0.25) is 0 Å². The molecule has 1 aliphatic carbocycles. The van der Waals surface area contributed by atoms with Gasteiger partial charge in [-0.15, -0.1) is 10.2 Å². The zero-order chi connectivity index (χ0) is 13.1. The number of anilines is 1. The molecule has 98 valence electrons. The van der Waals surface area contributed by atoms with Crippen molar-refractivity contribution >= 4 is 11.7 Å². The Morgan fingerprint density at radius 2 is 2.21 bits per heavy atom. The van der Waals surface area contributed by atoms with Gasteiger partial charge in [0.2, 0.25) is 0 Å². The average Bonchev–Trinajstić information content (AvgIpc) is 3.09. The Bertz CT molecular complexity index is 547. The Morgan fingerprint density at radius 1 is 1.32 bits per heavy atom. The van der Waals surface area contributed by atoms with Gasteiger partial charge in [-0.05, 0) is 37.1 Å². The van der Waals surface area contributed by atoms with Crippen molar-refractivity contribution in [2.75, 3.05) is 5.32 Å². The molecule has 0 unspecified atom stereocenters. The van der Waals surface area contributed by atoms with Crippen LogP contribution in [0.15, 0.2) is 34.9 Å². The van der Waals surface area contributed by atoms with Gasteiger partial charge < -0.3 is 15.1 Å². The number of hydrogen-bond donors (Lipinski definition) is 2. The molecule has 0 spiro atoms. The minimum atomic E-state index is -0.262. The molecular weight excluding hydrogens is 244 g/mol. The minimum absolute atomic E-state index is 0.262. The van der Waals surface area contributed by atoms with Gasteiger partial charge in [0.05, 0.1) is 12.8 Å². The first-order valence-corrected chi connectivity index (χ1v) is 6.22. The first-order valence-electron chi connectivity index (χ1n) is 6.22. The fourth-order valence-electron chi connectivity index (χ4n) is 1.64. The lowest BCUT2D eigenvalue weighted by atomic mass is 10.3. The Morgan fingerprint density at radius 3 is 2.84 bits per heavy atom. The summed E-state index contributed by atoms with van der Waals surface area (Å²) in [6.07, 6.45) is 3.92. The maximum absolute atomic E-state index is 11.8. The van der Waals surface area contributed by atoms with Crippen LogP contribution < -0.4 is 10.6 Å². The molecule has 6 nitrogen and oxygen atoms in total. The van der Waals surface area contributed by atoms with E-state index >= 15 is 0 Å². The fourth-order valence-corrected chi connectivity index (χ4v) is 1.64. The molecule has 0 radical (unpaired) electrons. The zero-order valence-electron chi connectivity index (χ0n) is 10.3. The van der Waals surface area contributed by atoms with E-state index in [4.69, 9.17) is 4.42 Å². The summed E-state index contributed by atoms with van der Waals surface area (Å²) < 4.78 is 5.13. The molecule has 6 heteroatoms. The van der Waals surface area contributed by atoms with Crippen molar-refractivity contribution in [3.8, 4) is 0 Å². The molecule has 2 N–H and O–H groups in total. The van der Waals surface area contributed by atoms with Crippen LogP contribution in [0.5, 0.6) is 0 Å². The molecule has 19 heavy (non-hydrogen) atoms. The molecule has 0 saturated heterocycles. The molecule has 1 aliphatic rings. The number of hydrogen-bond acceptors (Lipinski definition) is 5. The van der Waals surface area contributed by atoms with E-state index in [-0.39, 0.29) is 5.91 Å². The Kier molecular flexibility index (Phi) is 3.14. The first-order chi connectivity index (χ1) is 9.31. The van der Waals surface area contributed by atoms with E-state index in [1.807, 2.05) is 0 Å². The van der Waals surface area contributed by atoms with E-state index in [0.29, 0.717) is 29.9 Å². The summed E-state index contributed by atoms with van der Waals surface area (Å²) >= 11 is 0. The molecule has 1 saturated carbocycles. The summed E-state index contributed by atoms with van der Waals surface area (Å²) in [4.78, 5) is 11.8. The number of rotatable bonds is 5. The second-order valence-electron chi connectivity index (χ2n) is 4.48. The largest absolute Gasteiger partial charge is 0.467 e. The van der Waals surface area contributed by atoms with Crippen molar-refractivity contribution in [1.29, 1.82) is 0 Å². The van der Waals surface area contributed by atoms with E-state index in [9.17, 15) is 4.79 Å². The molecule has 2 aromatic rings. The molecule has 0 atom stereocenters. The summed E-state index contributed by atoms with van der Waals surface area (Å²) in [5.41, 5.74) is 0.299. The van der Waals surface area contributed by atoms with E-state index in [0.717, 1.165) is 0 Å². The van der Waals surface area contributed by atoms with E-state index in [2.05, 4.69) is 20.8 Å². The lowest BCUT2D eigenvalue weighted by molar-refractivity contribution is 0.0942. The van der Waals surface area contributed by atoms with Crippen LogP contribution in [0.25, 0.3) is 0 Å². The van der Waals surface area contributed by atoms with Crippen molar-refractivity contribution in [2.24, 2.45) is 0 Å². The lowest BCUT2D eigenvalue weighted by Gasteiger charge is -2.04. The molecule has 2 heterocycles. The maximum Gasteiger partial charge on any atom is 0.272 e. The van der Waals surface area contributed by atoms with Crippen molar-refractivity contribution in [3.05, 3.63) is 42.0 Å². The van der Waals surface area contributed by atoms with Crippen LogP contribution in [-0.4, -0.2) is 22.1 Å².